The Bertz CT molecular complexity index is 751. The Labute approximate surface area is 119 Å². The molecule has 0 amide bonds. The van der Waals surface area contributed by atoms with E-state index in [-0.39, 0.29) is 33.3 Å². The second-order valence-corrected chi connectivity index (χ2v) is 5.17. The summed E-state index contributed by atoms with van der Waals surface area (Å²) < 4.78 is 17.2. The molecule has 3 rings (SSSR count). The predicted octanol–water partition coefficient (Wildman–Crippen LogP) is 2.19. The van der Waals surface area contributed by atoms with Crippen molar-refractivity contribution in [3.8, 4) is 16.9 Å². The second-order valence-electron chi connectivity index (χ2n) is 4.82. The minimum absolute atomic E-state index is 0.00559. The fourth-order valence-electron chi connectivity index (χ4n) is 2.52. The summed E-state index contributed by atoms with van der Waals surface area (Å²) in [5, 5.41) is 9.59. The van der Waals surface area contributed by atoms with E-state index in [0.29, 0.717) is 13.1 Å². The summed E-state index contributed by atoms with van der Waals surface area (Å²) in [4.78, 5) is 12.4. The average Bonchev–Trinajstić information content (AvgIpc) is 2.68. The van der Waals surface area contributed by atoms with Gasteiger partial charge in [-0.2, -0.15) is 0 Å². The molecular formula is C13H13ClFN3O2. The number of nitrogen functional groups attached to an aromatic ring is 1. The maximum absolute atomic E-state index is 14.0. The summed E-state index contributed by atoms with van der Waals surface area (Å²) >= 11 is 6.22. The van der Waals surface area contributed by atoms with Crippen LogP contribution in [0.2, 0.25) is 5.15 Å². The average molecular weight is 298 g/mol. The van der Waals surface area contributed by atoms with Crippen LogP contribution in [0, 0.1) is 5.82 Å². The van der Waals surface area contributed by atoms with Crippen molar-refractivity contribution in [1.82, 2.24) is 9.36 Å². The molecule has 1 aliphatic heterocycles. The molecule has 5 nitrogen and oxygen atoms in total. The van der Waals surface area contributed by atoms with Crippen LogP contribution in [-0.2, 0) is 13.1 Å². The molecule has 0 radical (unpaired) electrons. The van der Waals surface area contributed by atoms with Gasteiger partial charge in [-0.05, 0) is 18.9 Å². The molecule has 1 aromatic heterocycles. The molecule has 0 fully saturated rings. The fraction of sp³-hybridized carbons (Fsp3) is 0.308. The lowest BCUT2D eigenvalue weighted by Crippen LogP contribution is -2.27. The highest BCUT2D eigenvalue weighted by molar-refractivity contribution is 6.32. The van der Waals surface area contributed by atoms with Crippen molar-refractivity contribution in [3.05, 3.63) is 33.5 Å². The first-order valence-corrected chi connectivity index (χ1v) is 6.66. The maximum Gasteiger partial charge on any atom is 0.276 e. The summed E-state index contributed by atoms with van der Waals surface area (Å²) in [5.41, 5.74) is 5.36. The number of rotatable bonds is 1. The van der Waals surface area contributed by atoms with Crippen LogP contribution in [0.3, 0.4) is 0 Å². The smallest absolute Gasteiger partial charge is 0.276 e. The van der Waals surface area contributed by atoms with E-state index in [2.05, 4.69) is 0 Å². The van der Waals surface area contributed by atoms with Crippen LogP contribution < -0.4 is 11.3 Å². The first-order valence-electron chi connectivity index (χ1n) is 6.28. The summed E-state index contributed by atoms with van der Waals surface area (Å²) in [7, 11) is 0. The van der Waals surface area contributed by atoms with Crippen molar-refractivity contribution in [2.75, 3.05) is 5.73 Å². The predicted molar refractivity (Wildman–Crippen MR) is 74.4 cm³/mol. The van der Waals surface area contributed by atoms with Gasteiger partial charge in [0.15, 0.2) is 0 Å². The Balaban J connectivity index is 2.28. The molecule has 0 aliphatic carbocycles. The molecular weight excluding hydrogens is 285 g/mol. The highest BCUT2D eigenvalue weighted by Crippen LogP contribution is 2.33. The van der Waals surface area contributed by atoms with Gasteiger partial charge < -0.3 is 10.8 Å². The molecule has 1 aromatic carbocycles. The highest BCUT2D eigenvalue weighted by Gasteiger charge is 2.24. The zero-order valence-electron chi connectivity index (χ0n) is 10.6. The zero-order chi connectivity index (χ0) is 14.4. The number of phenols is 1. The van der Waals surface area contributed by atoms with Crippen LogP contribution in [-0.4, -0.2) is 14.5 Å². The largest absolute Gasteiger partial charge is 0.506 e. The Hall–Kier alpha value is -1.95. The lowest BCUT2D eigenvalue weighted by molar-refractivity contribution is 0.356. The summed E-state index contributed by atoms with van der Waals surface area (Å²) in [6, 6.07) is 2.13. The molecule has 0 saturated heterocycles. The van der Waals surface area contributed by atoms with E-state index in [4.69, 9.17) is 17.3 Å². The third-order valence-electron chi connectivity index (χ3n) is 3.55. The van der Waals surface area contributed by atoms with Gasteiger partial charge in [-0.25, -0.2) is 9.07 Å². The van der Waals surface area contributed by atoms with Gasteiger partial charge in [-0.3, -0.25) is 9.48 Å². The number of phenolic OH excluding ortho intramolecular Hbond substituents is 1. The standard InChI is InChI=1S/C13H13ClFN3O2/c14-12-11(7-5-9(16)10(19)6-8(7)15)13(20)18-4-2-1-3-17(12)18/h5-6,19H,1-4,16H2. The molecule has 0 bridgehead atoms. The number of fused-ring (bicyclic) bond motifs is 1. The van der Waals surface area contributed by atoms with Crippen LogP contribution in [0.4, 0.5) is 10.1 Å². The molecule has 106 valence electrons. The van der Waals surface area contributed by atoms with Crippen molar-refractivity contribution in [2.45, 2.75) is 25.9 Å². The van der Waals surface area contributed by atoms with E-state index in [1.54, 1.807) is 4.68 Å². The number of nitrogens with two attached hydrogens (primary N) is 1. The first-order chi connectivity index (χ1) is 9.50. The number of aromatic hydroxyl groups is 1. The Morgan fingerprint density at radius 3 is 2.55 bits per heavy atom. The van der Waals surface area contributed by atoms with Crippen LogP contribution in [0.25, 0.3) is 11.1 Å². The van der Waals surface area contributed by atoms with Crippen molar-refractivity contribution in [1.29, 1.82) is 0 Å². The van der Waals surface area contributed by atoms with E-state index in [1.165, 1.54) is 10.7 Å². The number of benzene rings is 1. The number of nitrogens with zero attached hydrogens (tertiary/aromatic N) is 2. The van der Waals surface area contributed by atoms with Gasteiger partial charge in [0.05, 0.1) is 11.3 Å². The Kier molecular flexibility index (Phi) is 2.97. The van der Waals surface area contributed by atoms with Crippen LogP contribution in [0.5, 0.6) is 5.75 Å². The quantitative estimate of drug-likeness (QED) is 0.626. The summed E-state index contributed by atoms with van der Waals surface area (Å²) in [6.07, 6.45) is 1.81. The van der Waals surface area contributed by atoms with Crippen LogP contribution in [0.15, 0.2) is 16.9 Å². The number of halogens is 2. The van der Waals surface area contributed by atoms with Crippen LogP contribution >= 0.6 is 11.6 Å². The molecule has 0 atom stereocenters. The number of hydrogen-bond donors (Lipinski definition) is 2. The van der Waals surface area contributed by atoms with Gasteiger partial charge in [0, 0.05) is 24.7 Å². The Morgan fingerprint density at radius 1 is 1.25 bits per heavy atom. The van der Waals surface area contributed by atoms with Gasteiger partial charge in [-0.15, -0.1) is 0 Å². The van der Waals surface area contributed by atoms with Crippen molar-refractivity contribution < 1.29 is 9.50 Å². The minimum atomic E-state index is -0.723. The fourth-order valence-corrected chi connectivity index (χ4v) is 2.88. The summed E-state index contributed by atoms with van der Waals surface area (Å²) in [6.45, 7) is 1.19. The molecule has 20 heavy (non-hydrogen) atoms. The van der Waals surface area contributed by atoms with E-state index < -0.39 is 5.82 Å². The summed E-state index contributed by atoms with van der Waals surface area (Å²) in [5.74, 6) is -1.08. The van der Waals surface area contributed by atoms with E-state index in [0.717, 1.165) is 18.9 Å². The number of anilines is 1. The van der Waals surface area contributed by atoms with Crippen molar-refractivity contribution in [3.63, 3.8) is 0 Å². The van der Waals surface area contributed by atoms with Crippen molar-refractivity contribution in [2.24, 2.45) is 0 Å². The SMILES string of the molecule is Nc1cc(-c2c(Cl)n3n(c2=O)CCCC3)c(F)cc1O. The van der Waals surface area contributed by atoms with E-state index >= 15 is 0 Å². The first kappa shape index (κ1) is 13.1. The molecule has 7 heteroatoms. The number of aromatic nitrogens is 2. The Morgan fingerprint density at radius 2 is 1.90 bits per heavy atom. The van der Waals surface area contributed by atoms with Gasteiger partial charge in [0.25, 0.3) is 5.56 Å². The monoisotopic (exact) mass is 297 g/mol. The molecule has 0 spiro atoms. The number of hydrogen-bond acceptors (Lipinski definition) is 3. The third kappa shape index (κ3) is 1.79. The van der Waals surface area contributed by atoms with Gasteiger partial charge in [-0.1, -0.05) is 11.6 Å². The highest BCUT2D eigenvalue weighted by atomic mass is 35.5. The van der Waals surface area contributed by atoms with Gasteiger partial charge in [0.2, 0.25) is 0 Å². The zero-order valence-corrected chi connectivity index (χ0v) is 11.3. The van der Waals surface area contributed by atoms with E-state index in [1.807, 2.05) is 0 Å². The molecule has 2 aromatic rings. The molecule has 0 saturated carbocycles. The molecule has 0 unspecified atom stereocenters. The lowest BCUT2D eigenvalue weighted by Gasteiger charge is -2.17. The maximum atomic E-state index is 14.0. The van der Waals surface area contributed by atoms with Gasteiger partial charge in [0.1, 0.15) is 16.7 Å². The molecule has 3 N–H and O–H groups in total. The third-order valence-corrected chi connectivity index (χ3v) is 3.93. The topological polar surface area (TPSA) is 73.2 Å². The normalized spacial score (nSPS) is 14.3. The van der Waals surface area contributed by atoms with Crippen LogP contribution in [0.1, 0.15) is 12.8 Å². The van der Waals surface area contributed by atoms with Gasteiger partial charge >= 0.3 is 0 Å². The molecule has 2 heterocycles. The van der Waals surface area contributed by atoms with E-state index in [9.17, 15) is 14.3 Å². The second kappa shape index (κ2) is 4.56. The van der Waals surface area contributed by atoms with Crippen molar-refractivity contribution >= 4 is 17.3 Å². The minimum Gasteiger partial charge on any atom is -0.506 e. The lowest BCUT2D eigenvalue weighted by atomic mass is 10.1. The molecule has 1 aliphatic rings.